The highest BCUT2D eigenvalue weighted by Gasteiger charge is 2.21. The standard InChI is InChI=1S/C13H18FN/c1-15-10-4-6-12(15)9-8-11-5-2-3-7-13(11)14/h3,7,11-13H,2,4-6,10H2,1H3. The molecule has 2 heteroatoms. The van der Waals surface area contributed by atoms with E-state index >= 15 is 0 Å². The molecule has 1 saturated heterocycles. The highest BCUT2D eigenvalue weighted by molar-refractivity contribution is 5.17. The third-order valence-corrected chi connectivity index (χ3v) is 3.30. The Balaban J connectivity index is 1.95. The Kier molecular flexibility index (Phi) is 3.43. The third kappa shape index (κ3) is 2.60. The van der Waals surface area contributed by atoms with E-state index < -0.39 is 6.17 Å². The van der Waals surface area contributed by atoms with E-state index in [1.807, 2.05) is 6.08 Å². The van der Waals surface area contributed by atoms with E-state index in [-0.39, 0.29) is 5.92 Å². The second kappa shape index (κ2) is 4.81. The molecular weight excluding hydrogens is 189 g/mol. The van der Waals surface area contributed by atoms with Gasteiger partial charge in [-0.1, -0.05) is 24.0 Å². The van der Waals surface area contributed by atoms with Gasteiger partial charge in [-0.05, 0) is 39.3 Å². The fourth-order valence-corrected chi connectivity index (χ4v) is 2.24. The molecule has 3 unspecified atom stereocenters. The number of rotatable bonds is 0. The maximum Gasteiger partial charge on any atom is 0.132 e. The van der Waals surface area contributed by atoms with Crippen LogP contribution >= 0.6 is 0 Å². The molecule has 0 amide bonds. The summed E-state index contributed by atoms with van der Waals surface area (Å²) in [6, 6.07) is 0.364. The average molecular weight is 207 g/mol. The van der Waals surface area contributed by atoms with E-state index in [1.165, 1.54) is 6.42 Å². The summed E-state index contributed by atoms with van der Waals surface area (Å²) in [4.78, 5) is 2.26. The van der Waals surface area contributed by atoms with Crippen molar-refractivity contribution in [1.29, 1.82) is 0 Å². The lowest BCUT2D eigenvalue weighted by molar-refractivity contribution is 0.306. The zero-order chi connectivity index (χ0) is 10.7. The Bertz CT molecular complexity index is 299. The molecule has 2 aliphatic rings. The predicted molar refractivity (Wildman–Crippen MR) is 60.2 cm³/mol. The Morgan fingerprint density at radius 1 is 1.33 bits per heavy atom. The number of alkyl halides is 1. The zero-order valence-electron chi connectivity index (χ0n) is 9.25. The maximum atomic E-state index is 13.4. The molecule has 0 radical (unpaired) electrons. The molecule has 15 heavy (non-hydrogen) atoms. The number of allylic oxidation sites excluding steroid dienone is 2. The second-order valence-electron chi connectivity index (χ2n) is 4.48. The molecule has 0 N–H and O–H groups in total. The fourth-order valence-electron chi connectivity index (χ4n) is 2.24. The van der Waals surface area contributed by atoms with E-state index in [9.17, 15) is 4.39 Å². The summed E-state index contributed by atoms with van der Waals surface area (Å²) in [5, 5.41) is 0. The van der Waals surface area contributed by atoms with Crippen LogP contribution in [0.1, 0.15) is 25.7 Å². The molecule has 0 spiro atoms. The van der Waals surface area contributed by atoms with Crippen molar-refractivity contribution in [2.24, 2.45) is 5.92 Å². The molecule has 1 aliphatic heterocycles. The molecule has 0 aromatic carbocycles. The van der Waals surface area contributed by atoms with E-state index in [1.54, 1.807) is 6.08 Å². The van der Waals surface area contributed by atoms with Crippen LogP contribution in [0, 0.1) is 17.8 Å². The van der Waals surface area contributed by atoms with Crippen molar-refractivity contribution in [2.75, 3.05) is 13.6 Å². The van der Waals surface area contributed by atoms with Crippen LogP contribution in [0.5, 0.6) is 0 Å². The zero-order valence-corrected chi connectivity index (χ0v) is 9.25. The van der Waals surface area contributed by atoms with Gasteiger partial charge < -0.3 is 0 Å². The summed E-state index contributed by atoms with van der Waals surface area (Å²) in [6.07, 6.45) is 6.94. The molecule has 0 bridgehead atoms. The molecule has 0 aromatic rings. The summed E-state index contributed by atoms with van der Waals surface area (Å²) >= 11 is 0. The number of halogens is 1. The SMILES string of the molecule is CN1CCCC1C#CC1CCC=CC1F. The number of hydrogen-bond donors (Lipinski definition) is 0. The van der Waals surface area contributed by atoms with Crippen LogP contribution in [0.15, 0.2) is 12.2 Å². The van der Waals surface area contributed by atoms with Crippen LogP contribution in [0.4, 0.5) is 4.39 Å². The van der Waals surface area contributed by atoms with Gasteiger partial charge in [-0.15, -0.1) is 0 Å². The number of likely N-dealkylation sites (tertiary alicyclic amines) is 1. The van der Waals surface area contributed by atoms with E-state index in [0.29, 0.717) is 6.04 Å². The molecule has 1 aliphatic carbocycles. The summed E-state index contributed by atoms with van der Waals surface area (Å²) in [5.41, 5.74) is 0. The fraction of sp³-hybridized carbons (Fsp3) is 0.692. The Morgan fingerprint density at radius 2 is 2.20 bits per heavy atom. The average Bonchev–Trinajstić information content (AvgIpc) is 2.63. The molecule has 1 fully saturated rings. The molecule has 3 atom stereocenters. The van der Waals surface area contributed by atoms with Gasteiger partial charge in [-0.3, -0.25) is 4.90 Å². The quantitative estimate of drug-likeness (QED) is 0.435. The van der Waals surface area contributed by atoms with Crippen molar-refractivity contribution in [3.05, 3.63) is 12.2 Å². The molecule has 0 aromatic heterocycles. The van der Waals surface area contributed by atoms with E-state index in [0.717, 1.165) is 25.8 Å². The van der Waals surface area contributed by atoms with Crippen molar-refractivity contribution in [3.8, 4) is 11.8 Å². The van der Waals surface area contributed by atoms with Crippen molar-refractivity contribution in [3.63, 3.8) is 0 Å². The van der Waals surface area contributed by atoms with Crippen LogP contribution in [-0.2, 0) is 0 Å². The Hall–Kier alpha value is -0.810. The second-order valence-corrected chi connectivity index (χ2v) is 4.48. The van der Waals surface area contributed by atoms with Gasteiger partial charge in [0, 0.05) is 0 Å². The Labute approximate surface area is 91.3 Å². The van der Waals surface area contributed by atoms with Crippen LogP contribution in [0.2, 0.25) is 0 Å². The molecule has 1 heterocycles. The van der Waals surface area contributed by atoms with Crippen molar-refractivity contribution in [1.82, 2.24) is 4.90 Å². The van der Waals surface area contributed by atoms with Gasteiger partial charge >= 0.3 is 0 Å². The molecular formula is C13H18FN. The van der Waals surface area contributed by atoms with Crippen molar-refractivity contribution in [2.45, 2.75) is 37.9 Å². The molecule has 0 saturated carbocycles. The maximum absolute atomic E-state index is 13.4. The molecule has 1 nitrogen and oxygen atoms in total. The largest absolute Gasteiger partial charge is 0.293 e. The highest BCUT2D eigenvalue weighted by atomic mass is 19.1. The Morgan fingerprint density at radius 3 is 2.87 bits per heavy atom. The van der Waals surface area contributed by atoms with Gasteiger partial charge in [0.25, 0.3) is 0 Å². The lowest BCUT2D eigenvalue weighted by atomic mass is 9.93. The van der Waals surface area contributed by atoms with E-state index in [2.05, 4.69) is 23.8 Å². The summed E-state index contributed by atoms with van der Waals surface area (Å²) in [5.74, 6) is 6.29. The van der Waals surface area contributed by atoms with Crippen LogP contribution < -0.4 is 0 Å². The van der Waals surface area contributed by atoms with Gasteiger partial charge in [0.2, 0.25) is 0 Å². The monoisotopic (exact) mass is 207 g/mol. The normalized spacial score (nSPS) is 36.3. The summed E-state index contributed by atoms with van der Waals surface area (Å²) in [6.45, 7) is 1.13. The minimum Gasteiger partial charge on any atom is -0.293 e. The lowest BCUT2D eigenvalue weighted by Gasteiger charge is -2.17. The molecule has 82 valence electrons. The number of nitrogens with zero attached hydrogens (tertiary/aromatic N) is 1. The predicted octanol–water partition coefficient (Wildman–Crippen LogP) is 2.39. The first-order chi connectivity index (χ1) is 7.27. The molecule has 2 rings (SSSR count). The van der Waals surface area contributed by atoms with Gasteiger partial charge in [0.15, 0.2) is 0 Å². The summed E-state index contributed by atoms with van der Waals surface area (Å²) < 4.78 is 13.4. The van der Waals surface area contributed by atoms with Crippen LogP contribution in [0.25, 0.3) is 0 Å². The third-order valence-electron chi connectivity index (χ3n) is 3.30. The first-order valence-electron chi connectivity index (χ1n) is 5.79. The first kappa shape index (κ1) is 10.7. The van der Waals surface area contributed by atoms with Crippen LogP contribution in [0.3, 0.4) is 0 Å². The topological polar surface area (TPSA) is 3.24 Å². The first-order valence-corrected chi connectivity index (χ1v) is 5.79. The van der Waals surface area contributed by atoms with Gasteiger partial charge in [0.1, 0.15) is 6.17 Å². The van der Waals surface area contributed by atoms with Gasteiger partial charge in [-0.2, -0.15) is 0 Å². The highest BCUT2D eigenvalue weighted by Crippen LogP contribution is 2.21. The lowest BCUT2D eigenvalue weighted by Crippen LogP contribution is -2.23. The minimum atomic E-state index is -0.849. The van der Waals surface area contributed by atoms with Gasteiger partial charge in [0.05, 0.1) is 12.0 Å². The minimum absolute atomic E-state index is 0.0657. The number of hydrogen-bond acceptors (Lipinski definition) is 1. The van der Waals surface area contributed by atoms with Crippen LogP contribution in [-0.4, -0.2) is 30.7 Å². The van der Waals surface area contributed by atoms with Crippen molar-refractivity contribution < 1.29 is 4.39 Å². The smallest absolute Gasteiger partial charge is 0.132 e. The van der Waals surface area contributed by atoms with E-state index in [4.69, 9.17) is 0 Å². The summed E-state index contributed by atoms with van der Waals surface area (Å²) in [7, 11) is 2.10. The van der Waals surface area contributed by atoms with Gasteiger partial charge in [-0.25, -0.2) is 4.39 Å². The van der Waals surface area contributed by atoms with Crippen molar-refractivity contribution >= 4 is 0 Å².